The lowest BCUT2D eigenvalue weighted by molar-refractivity contribution is -0.141. The van der Waals surface area contributed by atoms with Gasteiger partial charge in [0.15, 0.2) is 0 Å². The van der Waals surface area contributed by atoms with E-state index in [4.69, 9.17) is 27.9 Å². The number of carbonyl (C=O) groups is 2. The maximum Gasteiger partial charge on any atom is 0.247 e. The molecule has 4 aromatic rings. The highest BCUT2D eigenvalue weighted by atomic mass is 35.5. The summed E-state index contributed by atoms with van der Waals surface area (Å²) in [5, 5.41) is 3.96. The summed E-state index contributed by atoms with van der Waals surface area (Å²) in [6.45, 7) is 0.436. The molecule has 0 saturated carbocycles. The number of amides is 2. The maximum atomic E-state index is 13.8. The van der Waals surface area contributed by atoms with E-state index >= 15 is 0 Å². The van der Waals surface area contributed by atoms with E-state index in [9.17, 15) is 9.59 Å². The topological polar surface area (TPSA) is 58.6 Å². The van der Waals surface area contributed by atoms with Crippen molar-refractivity contribution in [3.8, 4) is 5.75 Å². The van der Waals surface area contributed by atoms with Crippen LogP contribution in [0.1, 0.15) is 28.3 Å². The number of rotatable bonds is 10. The predicted molar refractivity (Wildman–Crippen MR) is 151 cm³/mol. The molecule has 0 bridgehead atoms. The highest BCUT2D eigenvalue weighted by Gasteiger charge is 2.31. The van der Waals surface area contributed by atoms with Crippen molar-refractivity contribution in [3.63, 3.8) is 0 Å². The van der Waals surface area contributed by atoms with Crippen LogP contribution >= 0.6 is 23.2 Å². The van der Waals surface area contributed by atoms with Gasteiger partial charge in [0, 0.05) is 23.1 Å². The van der Waals surface area contributed by atoms with Crippen molar-refractivity contribution < 1.29 is 14.3 Å². The van der Waals surface area contributed by atoms with Crippen LogP contribution in [0.2, 0.25) is 10.0 Å². The number of nitrogens with one attached hydrogen (secondary N) is 1. The number of hydrogen-bond donors (Lipinski definition) is 1. The minimum Gasteiger partial charge on any atom is -0.497 e. The van der Waals surface area contributed by atoms with Crippen LogP contribution in [-0.2, 0) is 29.1 Å². The highest BCUT2D eigenvalue weighted by molar-refractivity contribution is 6.35. The van der Waals surface area contributed by atoms with E-state index in [1.54, 1.807) is 30.2 Å². The fraction of sp³-hybridized carbons (Fsp3) is 0.161. The molecule has 4 aromatic carbocycles. The van der Waals surface area contributed by atoms with Crippen molar-refractivity contribution in [2.75, 3.05) is 7.11 Å². The zero-order valence-electron chi connectivity index (χ0n) is 20.9. The third-order valence-corrected chi connectivity index (χ3v) is 6.76. The molecule has 38 heavy (non-hydrogen) atoms. The Morgan fingerprint density at radius 2 is 1.50 bits per heavy atom. The van der Waals surface area contributed by atoms with Crippen LogP contribution in [0, 0.1) is 0 Å². The number of halogens is 2. The second kappa shape index (κ2) is 13.1. The van der Waals surface area contributed by atoms with Gasteiger partial charge in [0.05, 0.1) is 13.5 Å². The lowest BCUT2D eigenvalue weighted by atomic mass is 10.0. The van der Waals surface area contributed by atoms with Gasteiger partial charge in [-0.05, 0) is 46.5 Å². The molecule has 0 aromatic heterocycles. The summed E-state index contributed by atoms with van der Waals surface area (Å²) in [5.41, 5.74) is 3.19. The van der Waals surface area contributed by atoms with Gasteiger partial charge < -0.3 is 15.0 Å². The molecule has 0 aliphatic rings. The van der Waals surface area contributed by atoms with Gasteiger partial charge in [-0.15, -0.1) is 0 Å². The molecule has 5 nitrogen and oxygen atoms in total. The fourth-order valence-corrected chi connectivity index (χ4v) is 4.65. The Hall–Kier alpha value is -3.80. The van der Waals surface area contributed by atoms with Crippen LogP contribution in [0.4, 0.5) is 0 Å². The van der Waals surface area contributed by atoms with Gasteiger partial charge in [0.2, 0.25) is 11.8 Å². The summed E-state index contributed by atoms with van der Waals surface area (Å²) >= 11 is 12.4. The number of ether oxygens (including phenoxy) is 1. The van der Waals surface area contributed by atoms with E-state index in [0.717, 1.165) is 16.7 Å². The summed E-state index contributed by atoms with van der Waals surface area (Å²) in [4.78, 5) is 29.2. The first-order chi connectivity index (χ1) is 18.4. The van der Waals surface area contributed by atoms with Crippen molar-refractivity contribution >= 4 is 35.0 Å². The SMILES string of the molecule is COc1ccc(CN(C(=O)Cc2ccccc2)[C@@H](C(=O)NCc2ccc(Cl)cc2Cl)c2ccccc2)cc1. The minimum atomic E-state index is -0.861. The van der Waals surface area contributed by atoms with E-state index in [1.165, 1.54) is 0 Å². The molecule has 7 heteroatoms. The zero-order valence-corrected chi connectivity index (χ0v) is 22.5. The molecule has 0 aliphatic carbocycles. The Morgan fingerprint density at radius 1 is 0.842 bits per heavy atom. The second-order valence-corrected chi connectivity index (χ2v) is 9.64. The number of nitrogens with zero attached hydrogens (tertiary/aromatic N) is 1. The van der Waals surface area contributed by atoms with Crippen LogP contribution in [0.5, 0.6) is 5.75 Å². The average molecular weight is 547 g/mol. The van der Waals surface area contributed by atoms with E-state index in [2.05, 4.69) is 5.32 Å². The molecule has 0 fully saturated rings. The van der Waals surface area contributed by atoms with Crippen molar-refractivity contribution in [2.45, 2.75) is 25.6 Å². The number of carbonyl (C=O) groups excluding carboxylic acids is 2. The van der Waals surface area contributed by atoms with Gasteiger partial charge in [0.25, 0.3) is 0 Å². The van der Waals surface area contributed by atoms with Crippen LogP contribution < -0.4 is 10.1 Å². The molecule has 1 atom stereocenters. The first-order valence-electron chi connectivity index (χ1n) is 12.2. The van der Waals surface area contributed by atoms with Crippen LogP contribution in [0.15, 0.2) is 103 Å². The number of benzene rings is 4. The maximum absolute atomic E-state index is 13.8. The fourth-order valence-electron chi connectivity index (χ4n) is 4.18. The van der Waals surface area contributed by atoms with Gasteiger partial charge in [0.1, 0.15) is 11.8 Å². The van der Waals surface area contributed by atoms with Gasteiger partial charge in [-0.25, -0.2) is 0 Å². The molecule has 0 unspecified atom stereocenters. The summed E-state index contributed by atoms with van der Waals surface area (Å²) in [6, 6.07) is 30.6. The smallest absolute Gasteiger partial charge is 0.247 e. The minimum absolute atomic E-state index is 0.163. The van der Waals surface area contributed by atoms with E-state index in [0.29, 0.717) is 21.4 Å². The van der Waals surface area contributed by atoms with Gasteiger partial charge in [-0.2, -0.15) is 0 Å². The molecule has 0 spiro atoms. The summed E-state index contributed by atoms with van der Waals surface area (Å²) in [6.07, 6.45) is 0.163. The molecule has 194 valence electrons. The summed E-state index contributed by atoms with van der Waals surface area (Å²) in [7, 11) is 1.60. The molecule has 0 heterocycles. The van der Waals surface area contributed by atoms with E-state index in [1.807, 2.05) is 84.9 Å². The van der Waals surface area contributed by atoms with Gasteiger partial charge in [-0.1, -0.05) is 102 Å². The summed E-state index contributed by atoms with van der Waals surface area (Å²) < 4.78 is 5.28. The van der Waals surface area contributed by atoms with Crippen molar-refractivity contribution in [1.29, 1.82) is 0 Å². The molecule has 0 radical (unpaired) electrons. The van der Waals surface area contributed by atoms with Crippen molar-refractivity contribution in [2.24, 2.45) is 0 Å². The Balaban J connectivity index is 1.67. The molecule has 0 aliphatic heterocycles. The molecular formula is C31H28Cl2N2O3. The van der Waals surface area contributed by atoms with Crippen LogP contribution in [-0.4, -0.2) is 23.8 Å². The molecular weight excluding hydrogens is 519 g/mol. The summed E-state index contributed by atoms with van der Waals surface area (Å²) in [5.74, 6) is 0.241. The largest absolute Gasteiger partial charge is 0.497 e. The Labute approximate surface area is 233 Å². The number of hydrogen-bond acceptors (Lipinski definition) is 3. The highest BCUT2D eigenvalue weighted by Crippen LogP contribution is 2.27. The second-order valence-electron chi connectivity index (χ2n) is 8.80. The molecule has 0 saturated heterocycles. The van der Waals surface area contributed by atoms with Crippen molar-refractivity contribution in [3.05, 3.63) is 135 Å². The quantitative estimate of drug-likeness (QED) is 0.243. The van der Waals surface area contributed by atoms with Crippen LogP contribution in [0.3, 0.4) is 0 Å². The van der Waals surface area contributed by atoms with Gasteiger partial charge in [-0.3, -0.25) is 9.59 Å². The van der Waals surface area contributed by atoms with E-state index in [-0.39, 0.29) is 31.3 Å². The zero-order chi connectivity index (χ0) is 26.9. The molecule has 2 amide bonds. The average Bonchev–Trinajstić information content (AvgIpc) is 2.93. The Morgan fingerprint density at radius 3 is 2.13 bits per heavy atom. The van der Waals surface area contributed by atoms with Crippen molar-refractivity contribution in [1.82, 2.24) is 10.2 Å². The first kappa shape index (κ1) is 27.2. The first-order valence-corrected chi connectivity index (χ1v) is 12.9. The molecule has 1 N–H and O–H groups in total. The standard InChI is InChI=1S/C31H28Cl2N2O3/c1-38-27-16-12-23(13-17-27)21-35(29(36)18-22-8-4-2-5-9-22)30(24-10-6-3-7-11-24)31(37)34-20-25-14-15-26(32)19-28(25)33/h2-17,19,30H,18,20-21H2,1H3,(H,34,37)/t30-/m1/s1. The monoisotopic (exact) mass is 546 g/mol. The number of methoxy groups -OCH3 is 1. The Kier molecular flexibility index (Phi) is 9.41. The molecule has 4 rings (SSSR count). The predicted octanol–water partition coefficient (Wildman–Crippen LogP) is 6.63. The van der Waals surface area contributed by atoms with Gasteiger partial charge >= 0.3 is 0 Å². The van der Waals surface area contributed by atoms with Crippen LogP contribution in [0.25, 0.3) is 0 Å². The third kappa shape index (κ3) is 7.15. The lowest BCUT2D eigenvalue weighted by Gasteiger charge is -2.32. The Bertz CT molecular complexity index is 1360. The van der Waals surface area contributed by atoms with E-state index < -0.39 is 6.04 Å². The lowest BCUT2D eigenvalue weighted by Crippen LogP contribution is -2.43. The normalized spacial score (nSPS) is 11.4. The third-order valence-electron chi connectivity index (χ3n) is 6.17.